The third kappa shape index (κ3) is 2.44. The molecule has 0 aliphatic carbocycles. The number of nitrogens with one attached hydrogen (secondary N) is 2. The molecule has 2 heterocycles. The van der Waals surface area contributed by atoms with Gasteiger partial charge in [0.2, 0.25) is 0 Å². The first-order valence-electron chi connectivity index (χ1n) is 4.90. The zero-order chi connectivity index (χ0) is 11.4. The average Bonchev–Trinajstić information content (AvgIpc) is 2.89. The molecule has 0 aliphatic heterocycles. The molecule has 0 bridgehead atoms. The molecule has 0 saturated heterocycles. The summed E-state index contributed by atoms with van der Waals surface area (Å²) in [6, 6.07) is 0. The number of hydrogen-bond donors (Lipinski definition) is 2. The van der Waals surface area contributed by atoms with Crippen LogP contribution in [-0.2, 0) is 6.54 Å². The van der Waals surface area contributed by atoms with E-state index in [1.54, 1.807) is 10.9 Å². The summed E-state index contributed by atoms with van der Waals surface area (Å²) in [6.45, 7) is 2.94. The Bertz CT molecular complexity index is 460. The molecule has 2 aromatic heterocycles. The Morgan fingerprint density at radius 3 is 3.12 bits per heavy atom. The molecule has 2 aromatic rings. The minimum atomic E-state index is -0.221. The number of aromatic amines is 1. The maximum absolute atomic E-state index is 11.5. The Kier molecular flexibility index (Phi) is 2.95. The van der Waals surface area contributed by atoms with Gasteiger partial charge >= 0.3 is 0 Å². The molecule has 0 radical (unpaired) electrons. The van der Waals surface area contributed by atoms with E-state index in [9.17, 15) is 4.79 Å². The van der Waals surface area contributed by atoms with E-state index in [0.29, 0.717) is 18.9 Å². The van der Waals surface area contributed by atoms with E-state index < -0.39 is 0 Å². The number of nitrogens with zero attached hydrogens (tertiary/aromatic N) is 4. The van der Waals surface area contributed by atoms with Crippen molar-refractivity contribution >= 4 is 5.91 Å². The minimum Gasteiger partial charge on any atom is -0.348 e. The molecule has 2 N–H and O–H groups in total. The highest BCUT2D eigenvalue weighted by Crippen LogP contribution is 1.90. The van der Waals surface area contributed by atoms with Crippen LogP contribution < -0.4 is 5.32 Å². The fraction of sp³-hybridized carbons (Fsp3) is 0.333. The second-order valence-corrected chi connectivity index (χ2v) is 3.32. The van der Waals surface area contributed by atoms with Gasteiger partial charge in [0.25, 0.3) is 5.91 Å². The number of aromatic nitrogens is 5. The molecule has 0 atom stereocenters. The highest BCUT2D eigenvalue weighted by molar-refractivity contribution is 5.90. The fourth-order valence-electron chi connectivity index (χ4n) is 1.26. The van der Waals surface area contributed by atoms with Crippen LogP contribution in [-0.4, -0.2) is 37.4 Å². The summed E-state index contributed by atoms with van der Waals surface area (Å²) in [5, 5.41) is 10.4. The molecule has 0 unspecified atom stereocenters. The topological polar surface area (TPSA) is 88.5 Å². The van der Waals surface area contributed by atoms with Crippen molar-refractivity contribution in [1.82, 2.24) is 30.3 Å². The molecule has 84 valence electrons. The van der Waals surface area contributed by atoms with E-state index in [4.69, 9.17) is 0 Å². The number of carbonyl (C=O) groups excluding carboxylic acids is 1. The largest absolute Gasteiger partial charge is 0.348 e. The molecule has 0 fully saturated rings. The normalized spacial score (nSPS) is 10.3. The molecule has 0 spiro atoms. The van der Waals surface area contributed by atoms with Gasteiger partial charge in [-0.3, -0.25) is 9.48 Å². The Morgan fingerprint density at radius 1 is 1.62 bits per heavy atom. The first kappa shape index (κ1) is 10.3. The van der Waals surface area contributed by atoms with Crippen LogP contribution in [0.4, 0.5) is 0 Å². The van der Waals surface area contributed by atoms with Gasteiger partial charge in [-0.2, -0.15) is 0 Å². The summed E-state index contributed by atoms with van der Waals surface area (Å²) in [6.07, 6.45) is 4.96. The minimum absolute atomic E-state index is 0.221. The van der Waals surface area contributed by atoms with Gasteiger partial charge in [0.05, 0.1) is 12.2 Å². The molecule has 0 saturated carbocycles. The van der Waals surface area contributed by atoms with Gasteiger partial charge in [-0.1, -0.05) is 5.21 Å². The van der Waals surface area contributed by atoms with Crippen molar-refractivity contribution < 1.29 is 4.79 Å². The van der Waals surface area contributed by atoms with Crippen LogP contribution in [0.25, 0.3) is 0 Å². The second kappa shape index (κ2) is 4.56. The Hall–Kier alpha value is -2.18. The molecular formula is C9H12N6O. The highest BCUT2D eigenvalue weighted by Gasteiger charge is 2.06. The molecule has 0 aliphatic rings. The van der Waals surface area contributed by atoms with Crippen LogP contribution >= 0.6 is 0 Å². The lowest BCUT2D eigenvalue weighted by Crippen LogP contribution is -2.28. The van der Waals surface area contributed by atoms with E-state index in [2.05, 4.69) is 25.6 Å². The van der Waals surface area contributed by atoms with Crippen molar-refractivity contribution in [1.29, 1.82) is 0 Å². The summed E-state index contributed by atoms with van der Waals surface area (Å²) in [4.78, 5) is 18.0. The van der Waals surface area contributed by atoms with Crippen molar-refractivity contribution in [3.8, 4) is 0 Å². The number of amides is 1. The lowest BCUT2D eigenvalue weighted by molar-refractivity contribution is 0.0942. The highest BCUT2D eigenvalue weighted by atomic mass is 16.2. The lowest BCUT2D eigenvalue weighted by Gasteiger charge is -2.02. The monoisotopic (exact) mass is 220 g/mol. The van der Waals surface area contributed by atoms with E-state index in [-0.39, 0.29) is 5.91 Å². The number of aryl methyl sites for hydroxylation is 1. The third-order valence-electron chi connectivity index (χ3n) is 1.99. The van der Waals surface area contributed by atoms with Crippen molar-refractivity contribution in [2.75, 3.05) is 6.54 Å². The summed E-state index contributed by atoms with van der Waals surface area (Å²) in [7, 11) is 0. The quantitative estimate of drug-likeness (QED) is 0.743. The predicted octanol–water partition coefficient (Wildman–Crippen LogP) is -0.260. The molecule has 7 heteroatoms. The van der Waals surface area contributed by atoms with E-state index in [1.807, 2.05) is 13.1 Å². The van der Waals surface area contributed by atoms with Gasteiger partial charge in [0, 0.05) is 25.1 Å². The maximum atomic E-state index is 11.5. The van der Waals surface area contributed by atoms with Crippen LogP contribution in [0.1, 0.15) is 16.3 Å². The molecular weight excluding hydrogens is 208 g/mol. The average molecular weight is 220 g/mol. The van der Waals surface area contributed by atoms with Gasteiger partial charge in [-0.05, 0) is 6.92 Å². The SMILES string of the molecule is Cc1cn(CCNC(=O)c2ncc[nH]2)nn1. The first-order valence-corrected chi connectivity index (χ1v) is 4.90. The summed E-state index contributed by atoms with van der Waals surface area (Å²) >= 11 is 0. The molecule has 0 aromatic carbocycles. The zero-order valence-electron chi connectivity index (χ0n) is 8.84. The number of rotatable bonds is 4. The second-order valence-electron chi connectivity index (χ2n) is 3.32. The fourth-order valence-corrected chi connectivity index (χ4v) is 1.26. The molecule has 16 heavy (non-hydrogen) atoms. The number of hydrogen-bond acceptors (Lipinski definition) is 4. The van der Waals surface area contributed by atoms with Crippen LogP contribution in [0.15, 0.2) is 18.6 Å². The summed E-state index contributed by atoms with van der Waals surface area (Å²) in [5.41, 5.74) is 0.859. The zero-order valence-corrected chi connectivity index (χ0v) is 8.84. The predicted molar refractivity (Wildman–Crippen MR) is 55.7 cm³/mol. The van der Waals surface area contributed by atoms with Crippen molar-refractivity contribution in [2.45, 2.75) is 13.5 Å². The third-order valence-corrected chi connectivity index (χ3v) is 1.99. The number of imidazole rings is 1. The van der Waals surface area contributed by atoms with Crippen molar-refractivity contribution in [3.05, 3.63) is 30.1 Å². The number of H-pyrrole nitrogens is 1. The first-order chi connectivity index (χ1) is 7.75. The van der Waals surface area contributed by atoms with E-state index in [1.165, 1.54) is 6.20 Å². The van der Waals surface area contributed by atoms with Gasteiger partial charge in [-0.15, -0.1) is 5.10 Å². The number of carbonyl (C=O) groups is 1. The van der Waals surface area contributed by atoms with Crippen LogP contribution in [0.2, 0.25) is 0 Å². The van der Waals surface area contributed by atoms with E-state index in [0.717, 1.165) is 5.69 Å². The smallest absolute Gasteiger partial charge is 0.287 e. The van der Waals surface area contributed by atoms with Gasteiger partial charge in [0.15, 0.2) is 5.82 Å². The Balaban J connectivity index is 1.78. The Morgan fingerprint density at radius 2 is 2.50 bits per heavy atom. The lowest BCUT2D eigenvalue weighted by atomic mass is 10.5. The maximum Gasteiger partial charge on any atom is 0.287 e. The standard InChI is InChI=1S/C9H12N6O/c1-7-6-15(14-13-7)5-4-12-9(16)8-10-2-3-11-8/h2-3,6H,4-5H2,1H3,(H,10,11)(H,12,16). The van der Waals surface area contributed by atoms with E-state index >= 15 is 0 Å². The van der Waals surface area contributed by atoms with Gasteiger partial charge < -0.3 is 10.3 Å². The summed E-state index contributed by atoms with van der Waals surface area (Å²) in [5.74, 6) is 0.0941. The van der Waals surface area contributed by atoms with Crippen LogP contribution in [0, 0.1) is 6.92 Å². The molecule has 1 amide bonds. The van der Waals surface area contributed by atoms with Crippen molar-refractivity contribution in [3.63, 3.8) is 0 Å². The van der Waals surface area contributed by atoms with Gasteiger partial charge in [-0.25, -0.2) is 4.98 Å². The summed E-state index contributed by atoms with van der Waals surface area (Å²) < 4.78 is 1.68. The van der Waals surface area contributed by atoms with Gasteiger partial charge in [0.1, 0.15) is 0 Å². The van der Waals surface area contributed by atoms with Crippen LogP contribution in [0.5, 0.6) is 0 Å². The molecule has 7 nitrogen and oxygen atoms in total. The molecule has 2 rings (SSSR count). The van der Waals surface area contributed by atoms with Crippen molar-refractivity contribution in [2.24, 2.45) is 0 Å². The Labute approximate surface area is 91.9 Å². The van der Waals surface area contributed by atoms with Crippen LogP contribution in [0.3, 0.4) is 0 Å².